The van der Waals surface area contributed by atoms with Crippen LogP contribution in [0.4, 0.5) is 4.79 Å². The average molecular weight is 218 g/mol. The molecule has 2 amide bonds. The molecule has 1 heterocycles. The number of urea groups is 1. The third-order valence-electron chi connectivity index (χ3n) is 0.941. The van der Waals surface area contributed by atoms with Gasteiger partial charge < -0.3 is 11.1 Å². The molecule has 78 valence electrons. The Labute approximate surface area is 84.1 Å². The lowest BCUT2D eigenvalue weighted by atomic mass is 10.6. The lowest BCUT2D eigenvalue weighted by molar-refractivity contribution is -0.477. The maximum atomic E-state index is 9.87. The van der Waals surface area contributed by atoms with Crippen molar-refractivity contribution in [1.29, 1.82) is 0 Å². The molecule has 1 aromatic rings. The Hall–Kier alpha value is -1.70. The highest BCUT2D eigenvalue weighted by Crippen LogP contribution is 1.85. The fourth-order valence-corrected chi connectivity index (χ4v) is 0.797. The van der Waals surface area contributed by atoms with Crippen molar-refractivity contribution in [2.75, 3.05) is 13.1 Å². The fraction of sp³-hybridized carbons (Fsp3) is 0.333. The predicted molar refractivity (Wildman–Crippen MR) is 51.6 cm³/mol. The van der Waals surface area contributed by atoms with Crippen molar-refractivity contribution >= 4 is 17.4 Å². The summed E-state index contributed by atoms with van der Waals surface area (Å²) < 4.78 is 0. The van der Waals surface area contributed by atoms with E-state index in [4.69, 9.17) is 0 Å². The Balaban J connectivity index is 0.000000280. The summed E-state index contributed by atoms with van der Waals surface area (Å²) in [7, 11) is 0. The van der Waals surface area contributed by atoms with Crippen molar-refractivity contribution in [3.05, 3.63) is 27.2 Å². The summed E-state index contributed by atoms with van der Waals surface area (Å²) in [6.45, 7) is -0.300. The van der Waals surface area contributed by atoms with Crippen LogP contribution in [0.3, 0.4) is 0 Å². The first-order valence-corrected chi connectivity index (χ1v) is 4.54. The molecule has 0 saturated heterocycles. The normalized spacial score (nSPS) is 8.29. The maximum Gasteiger partial charge on any atom is 0.312 e. The summed E-state index contributed by atoms with van der Waals surface area (Å²) in [4.78, 5) is 22.7. The van der Waals surface area contributed by atoms with Gasteiger partial charge in [0.2, 0.25) is 6.54 Å². The van der Waals surface area contributed by atoms with E-state index in [0.29, 0.717) is 0 Å². The van der Waals surface area contributed by atoms with Crippen molar-refractivity contribution in [3.8, 4) is 0 Å². The van der Waals surface area contributed by atoms with Crippen LogP contribution in [0.1, 0.15) is 0 Å². The number of thiazole rings is 1. The van der Waals surface area contributed by atoms with Gasteiger partial charge in [0.1, 0.15) is 0 Å². The SMILES string of the molecule is NC(=O)NCC[N+](=O)[O-].c1cscn1. The third-order valence-corrected chi connectivity index (χ3v) is 1.46. The number of nitrogens with two attached hydrogens (primary N) is 1. The smallest absolute Gasteiger partial charge is 0.312 e. The van der Waals surface area contributed by atoms with Gasteiger partial charge in [-0.3, -0.25) is 15.1 Å². The molecule has 0 bridgehead atoms. The van der Waals surface area contributed by atoms with E-state index in [1.807, 2.05) is 5.38 Å². The molecule has 3 N–H and O–H groups in total. The standard InChI is InChI=1S/C3H7N3O3.C3H3NS/c4-3(7)5-1-2-6(8)9;1-2-5-3-4-1/h1-2H2,(H3,4,5,7);1-3H. The molecule has 0 saturated carbocycles. The maximum absolute atomic E-state index is 9.87. The van der Waals surface area contributed by atoms with Crippen LogP contribution in [-0.2, 0) is 0 Å². The van der Waals surface area contributed by atoms with Crippen LogP contribution < -0.4 is 11.1 Å². The molecule has 0 aliphatic carbocycles. The number of nitrogens with one attached hydrogen (secondary N) is 1. The Bertz CT molecular complexity index is 233. The summed E-state index contributed by atoms with van der Waals surface area (Å²) in [5, 5.41) is 13.6. The topological polar surface area (TPSA) is 111 Å². The molecular formula is C6H10N4O3S. The van der Waals surface area contributed by atoms with Gasteiger partial charge >= 0.3 is 6.03 Å². The fourth-order valence-electron chi connectivity index (χ4n) is 0.446. The van der Waals surface area contributed by atoms with E-state index in [0.717, 1.165) is 0 Å². The van der Waals surface area contributed by atoms with Crippen molar-refractivity contribution in [1.82, 2.24) is 10.3 Å². The van der Waals surface area contributed by atoms with Crippen LogP contribution in [0, 0.1) is 10.1 Å². The minimum atomic E-state index is -0.739. The largest absolute Gasteiger partial charge is 0.352 e. The van der Waals surface area contributed by atoms with Crippen LogP contribution >= 0.6 is 11.3 Å². The second kappa shape index (κ2) is 7.92. The molecule has 0 aliphatic heterocycles. The second-order valence-electron chi connectivity index (χ2n) is 2.02. The monoisotopic (exact) mass is 218 g/mol. The van der Waals surface area contributed by atoms with E-state index >= 15 is 0 Å². The number of hydrogen-bond acceptors (Lipinski definition) is 5. The van der Waals surface area contributed by atoms with Crippen molar-refractivity contribution < 1.29 is 9.72 Å². The van der Waals surface area contributed by atoms with E-state index in [9.17, 15) is 14.9 Å². The van der Waals surface area contributed by atoms with Gasteiger partial charge in [-0.1, -0.05) is 0 Å². The molecule has 0 aliphatic rings. The van der Waals surface area contributed by atoms with E-state index < -0.39 is 11.0 Å². The number of nitrogens with zero attached hydrogens (tertiary/aromatic N) is 2. The Morgan fingerprint density at radius 2 is 2.43 bits per heavy atom. The lowest BCUT2D eigenvalue weighted by Gasteiger charge is -1.93. The molecule has 1 rings (SSSR count). The first kappa shape index (κ1) is 12.3. The van der Waals surface area contributed by atoms with E-state index in [-0.39, 0.29) is 13.1 Å². The molecule has 14 heavy (non-hydrogen) atoms. The van der Waals surface area contributed by atoms with Gasteiger partial charge in [-0.25, -0.2) is 4.79 Å². The lowest BCUT2D eigenvalue weighted by Crippen LogP contribution is -2.33. The quantitative estimate of drug-likeness (QED) is 0.552. The van der Waals surface area contributed by atoms with Gasteiger partial charge in [-0.05, 0) is 0 Å². The Kier molecular flexibility index (Phi) is 6.96. The molecular weight excluding hydrogens is 208 g/mol. The number of nitro groups is 1. The van der Waals surface area contributed by atoms with E-state index in [1.165, 1.54) is 0 Å². The summed E-state index contributed by atoms with van der Waals surface area (Å²) in [5.41, 5.74) is 6.40. The van der Waals surface area contributed by atoms with E-state index in [1.54, 1.807) is 23.0 Å². The molecule has 0 radical (unpaired) electrons. The highest BCUT2D eigenvalue weighted by atomic mass is 32.1. The molecule has 1 aromatic heterocycles. The van der Waals surface area contributed by atoms with Crippen LogP contribution in [0.5, 0.6) is 0 Å². The molecule has 0 atom stereocenters. The van der Waals surface area contributed by atoms with Gasteiger partial charge in [0.15, 0.2) is 0 Å². The number of amides is 2. The molecule has 0 fully saturated rings. The molecule has 7 nitrogen and oxygen atoms in total. The number of carbonyl (C=O) groups is 1. The van der Waals surface area contributed by atoms with Gasteiger partial charge in [-0.2, -0.15) is 0 Å². The Morgan fingerprint density at radius 3 is 2.71 bits per heavy atom. The highest BCUT2D eigenvalue weighted by molar-refractivity contribution is 7.07. The first-order chi connectivity index (χ1) is 6.63. The summed E-state index contributed by atoms with van der Waals surface area (Å²) in [6, 6.07) is -0.739. The minimum absolute atomic E-state index is 0.0116. The van der Waals surface area contributed by atoms with Gasteiger partial charge in [0.05, 0.1) is 12.1 Å². The summed E-state index contributed by atoms with van der Waals surface area (Å²) in [6.07, 6.45) is 1.77. The first-order valence-electron chi connectivity index (χ1n) is 3.60. The average Bonchev–Trinajstić information content (AvgIpc) is 2.58. The highest BCUT2D eigenvalue weighted by Gasteiger charge is 1.96. The van der Waals surface area contributed by atoms with Gasteiger partial charge in [0.25, 0.3) is 0 Å². The molecule has 0 spiro atoms. The van der Waals surface area contributed by atoms with Gasteiger partial charge in [0, 0.05) is 16.5 Å². The zero-order chi connectivity index (χ0) is 10.8. The predicted octanol–water partition coefficient (Wildman–Crippen LogP) is 0.0745. The van der Waals surface area contributed by atoms with Gasteiger partial charge in [-0.15, -0.1) is 11.3 Å². The zero-order valence-electron chi connectivity index (χ0n) is 7.25. The Morgan fingerprint density at radius 1 is 1.71 bits per heavy atom. The minimum Gasteiger partial charge on any atom is -0.352 e. The second-order valence-corrected chi connectivity index (χ2v) is 2.78. The van der Waals surface area contributed by atoms with Crippen LogP contribution in [0.2, 0.25) is 0 Å². The van der Waals surface area contributed by atoms with Crippen molar-refractivity contribution in [3.63, 3.8) is 0 Å². The number of carbonyl (C=O) groups excluding carboxylic acids is 1. The molecule has 8 heteroatoms. The molecule has 0 unspecified atom stereocenters. The van der Waals surface area contributed by atoms with Crippen LogP contribution in [0.25, 0.3) is 0 Å². The zero-order valence-corrected chi connectivity index (χ0v) is 8.07. The number of aromatic nitrogens is 1. The number of hydrogen-bond donors (Lipinski definition) is 2. The summed E-state index contributed by atoms with van der Waals surface area (Å²) >= 11 is 1.60. The van der Waals surface area contributed by atoms with Crippen LogP contribution in [0.15, 0.2) is 17.1 Å². The van der Waals surface area contributed by atoms with Crippen molar-refractivity contribution in [2.45, 2.75) is 0 Å². The van der Waals surface area contributed by atoms with Crippen LogP contribution in [-0.4, -0.2) is 29.0 Å². The number of primary amides is 1. The number of rotatable bonds is 3. The van der Waals surface area contributed by atoms with Crippen molar-refractivity contribution in [2.24, 2.45) is 5.73 Å². The van der Waals surface area contributed by atoms with E-state index in [2.05, 4.69) is 16.0 Å². The summed E-state index contributed by atoms with van der Waals surface area (Å²) in [5.74, 6) is 0. The molecule has 0 aromatic carbocycles. The third kappa shape index (κ3) is 10.3.